The number of benzene rings is 3. The number of hydrogen-bond donors (Lipinski definition) is 2. The Bertz CT molecular complexity index is 1590. The van der Waals surface area contributed by atoms with Gasteiger partial charge < -0.3 is 20.3 Å². The molecule has 0 unspecified atom stereocenters. The van der Waals surface area contributed by atoms with Gasteiger partial charge in [-0.05, 0) is 87.1 Å². The van der Waals surface area contributed by atoms with Crippen LogP contribution in [0.1, 0.15) is 49.7 Å². The number of carbonyl (C=O) groups excluding carboxylic acids is 2. The number of carbonyl (C=O) groups is 2. The Kier molecular flexibility index (Phi) is 12.7. The van der Waals surface area contributed by atoms with Crippen molar-refractivity contribution >= 4 is 69.8 Å². The number of urea groups is 2. The van der Waals surface area contributed by atoms with E-state index in [9.17, 15) is 14.0 Å². The maximum absolute atomic E-state index is 14.0. The molecule has 4 amide bonds. The van der Waals surface area contributed by atoms with Crippen molar-refractivity contribution < 1.29 is 18.7 Å². The molecule has 2 N–H and O–H groups in total. The summed E-state index contributed by atoms with van der Waals surface area (Å²) in [5, 5.41) is 7.78. The summed E-state index contributed by atoms with van der Waals surface area (Å²) in [5.41, 5.74) is 2.31. The topological polar surface area (TPSA) is 77.2 Å². The van der Waals surface area contributed by atoms with E-state index in [4.69, 9.17) is 51.1 Å². The maximum Gasteiger partial charge on any atom is 0.324 e. The lowest BCUT2D eigenvalue weighted by Crippen LogP contribution is -2.51. The third-order valence-electron chi connectivity index (χ3n) is 9.06. The van der Waals surface area contributed by atoms with Gasteiger partial charge >= 0.3 is 12.1 Å². The Hall–Kier alpha value is -2.79. The molecule has 48 heavy (non-hydrogen) atoms. The molecule has 3 aliphatic rings. The molecule has 3 aromatic rings. The molecule has 2 saturated heterocycles. The van der Waals surface area contributed by atoms with Crippen molar-refractivity contribution in [3.05, 3.63) is 91.6 Å². The molecule has 2 heterocycles. The minimum absolute atomic E-state index is 0.132. The van der Waals surface area contributed by atoms with Crippen LogP contribution in [0, 0.1) is 12.7 Å². The highest BCUT2D eigenvalue weighted by Gasteiger charge is 2.45. The van der Waals surface area contributed by atoms with Crippen LogP contribution in [0.2, 0.25) is 20.1 Å². The average molecular weight is 740 g/mol. The zero-order valence-corrected chi connectivity index (χ0v) is 29.9. The monoisotopic (exact) mass is 737 g/mol. The SMILES string of the molecule is Cc1c(Cl)cccc1NC(=O)N1CCCN(Cc2c(F)cccc2Cl)CC1.O=C(Nc1ccc(Cl)c(Cl)c1)N1CCOC12CCCCC2. The zero-order chi connectivity index (χ0) is 34.3. The van der Waals surface area contributed by atoms with Crippen LogP contribution in [0.5, 0.6) is 0 Å². The van der Waals surface area contributed by atoms with E-state index in [0.29, 0.717) is 76.4 Å². The lowest BCUT2D eigenvalue weighted by atomic mass is 9.91. The fourth-order valence-corrected chi connectivity index (χ4v) is 7.05. The normalized spacial score (nSPS) is 17.8. The number of nitrogens with zero attached hydrogens (tertiary/aromatic N) is 3. The molecule has 8 nitrogen and oxygen atoms in total. The van der Waals surface area contributed by atoms with Gasteiger partial charge in [0.2, 0.25) is 0 Å². The van der Waals surface area contributed by atoms with Crippen molar-refractivity contribution in [1.82, 2.24) is 14.7 Å². The number of nitrogens with one attached hydrogen (secondary N) is 2. The van der Waals surface area contributed by atoms with Gasteiger partial charge in [-0.15, -0.1) is 0 Å². The van der Waals surface area contributed by atoms with E-state index >= 15 is 0 Å². The Labute approximate surface area is 301 Å². The second-order valence-electron chi connectivity index (χ2n) is 12.2. The predicted molar refractivity (Wildman–Crippen MR) is 192 cm³/mol. The molecule has 1 aliphatic carbocycles. The molecule has 13 heteroatoms. The number of ether oxygens (including phenoxy) is 1. The van der Waals surface area contributed by atoms with Gasteiger partial charge in [-0.3, -0.25) is 9.80 Å². The van der Waals surface area contributed by atoms with Gasteiger partial charge in [0.1, 0.15) is 11.5 Å². The van der Waals surface area contributed by atoms with E-state index in [0.717, 1.165) is 44.2 Å². The van der Waals surface area contributed by atoms with Crippen molar-refractivity contribution in [1.29, 1.82) is 0 Å². The number of amides is 4. The second-order valence-corrected chi connectivity index (χ2v) is 13.9. The van der Waals surface area contributed by atoms with Crippen molar-refractivity contribution in [3.63, 3.8) is 0 Å². The van der Waals surface area contributed by atoms with Crippen LogP contribution in [0.15, 0.2) is 54.6 Å². The van der Waals surface area contributed by atoms with Gasteiger partial charge in [0, 0.05) is 66.3 Å². The summed E-state index contributed by atoms with van der Waals surface area (Å²) < 4.78 is 19.9. The van der Waals surface area contributed by atoms with Gasteiger partial charge in [0.15, 0.2) is 0 Å². The Morgan fingerprint density at radius 3 is 2.29 bits per heavy atom. The molecular weight excluding hydrogens is 699 g/mol. The van der Waals surface area contributed by atoms with Crippen LogP contribution >= 0.6 is 46.4 Å². The van der Waals surface area contributed by atoms with Gasteiger partial charge in [0.25, 0.3) is 0 Å². The first-order chi connectivity index (χ1) is 23.1. The lowest BCUT2D eigenvalue weighted by molar-refractivity contribution is -0.0867. The van der Waals surface area contributed by atoms with Gasteiger partial charge in [-0.1, -0.05) is 65.0 Å². The number of halogens is 5. The van der Waals surface area contributed by atoms with Crippen LogP contribution in [-0.2, 0) is 11.3 Å². The van der Waals surface area contributed by atoms with E-state index in [1.165, 1.54) is 12.5 Å². The molecule has 0 atom stereocenters. The molecule has 2 aliphatic heterocycles. The fraction of sp³-hybridized carbons (Fsp3) is 0.429. The third kappa shape index (κ3) is 9.05. The highest BCUT2D eigenvalue weighted by Crippen LogP contribution is 2.38. The minimum Gasteiger partial charge on any atom is -0.354 e. The molecule has 1 spiro atoms. The highest BCUT2D eigenvalue weighted by atomic mass is 35.5. The molecular formula is C35H40Cl4FN5O3. The summed E-state index contributed by atoms with van der Waals surface area (Å²) in [6.45, 7) is 6.21. The molecule has 3 aromatic carbocycles. The first-order valence-corrected chi connectivity index (χ1v) is 17.7. The summed E-state index contributed by atoms with van der Waals surface area (Å²) >= 11 is 24.1. The Morgan fingerprint density at radius 1 is 0.792 bits per heavy atom. The summed E-state index contributed by atoms with van der Waals surface area (Å²) in [4.78, 5) is 30.9. The van der Waals surface area contributed by atoms with E-state index < -0.39 is 5.72 Å². The molecule has 6 rings (SSSR count). The molecule has 0 bridgehead atoms. The van der Waals surface area contributed by atoms with Gasteiger partial charge in [-0.2, -0.15) is 0 Å². The first kappa shape index (κ1) is 36.5. The van der Waals surface area contributed by atoms with E-state index in [1.807, 2.05) is 24.0 Å². The summed E-state index contributed by atoms with van der Waals surface area (Å²) in [5.74, 6) is -0.294. The Morgan fingerprint density at radius 2 is 1.54 bits per heavy atom. The second kappa shape index (κ2) is 16.7. The maximum atomic E-state index is 14.0. The largest absolute Gasteiger partial charge is 0.354 e. The zero-order valence-electron chi connectivity index (χ0n) is 26.8. The van der Waals surface area contributed by atoms with Crippen molar-refractivity contribution in [3.8, 4) is 0 Å². The number of anilines is 2. The van der Waals surface area contributed by atoms with Crippen molar-refractivity contribution in [2.24, 2.45) is 0 Å². The molecule has 258 valence electrons. The van der Waals surface area contributed by atoms with Crippen LogP contribution < -0.4 is 10.6 Å². The minimum atomic E-state index is -0.404. The standard InChI is InChI=1S/C20H22Cl2FN3O.C15H18Cl2N2O2/c1-14-16(21)5-3-8-19(14)24-20(27)26-10-4-9-25(11-12-26)13-15-17(22)6-2-7-18(15)23;16-12-5-4-11(10-13(12)17)18-14(20)19-8-9-21-15(19)6-2-1-3-7-15/h2-3,5-8H,4,9-13H2,1H3,(H,24,27);4-5,10H,1-3,6-9H2,(H,18,20). The smallest absolute Gasteiger partial charge is 0.324 e. The van der Waals surface area contributed by atoms with E-state index in [1.54, 1.807) is 41.3 Å². The molecule has 0 aromatic heterocycles. The number of rotatable bonds is 4. The van der Waals surface area contributed by atoms with Crippen molar-refractivity contribution in [2.75, 3.05) is 50.0 Å². The van der Waals surface area contributed by atoms with E-state index in [2.05, 4.69) is 15.5 Å². The highest BCUT2D eigenvalue weighted by molar-refractivity contribution is 6.42. The van der Waals surface area contributed by atoms with Crippen LogP contribution in [0.4, 0.5) is 25.4 Å². The Balaban J connectivity index is 0.000000194. The quantitative estimate of drug-likeness (QED) is 0.280. The summed E-state index contributed by atoms with van der Waals surface area (Å²) in [6, 6.07) is 15.0. The molecule has 0 radical (unpaired) electrons. The first-order valence-electron chi connectivity index (χ1n) is 16.2. The summed E-state index contributed by atoms with van der Waals surface area (Å²) in [6.07, 6.45) is 6.08. The summed E-state index contributed by atoms with van der Waals surface area (Å²) in [7, 11) is 0. The van der Waals surface area contributed by atoms with E-state index in [-0.39, 0.29) is 17.9 Å². The van der Waals surface area contributed by atoms with Crippen LogP contribution in [-0.4, -0.2) is 71.8 Å². The predicted octanol–water partition coefficient (Wildman–Crippen LogP) is 9.70. The number of hydrogen-bond acceptors (Lipinski definition) is 4. The molecule has 1 saturated carbocycles. The molecule has 3 fully saturated rings. The average Bonchev–Trinajstić information content (AvgIpc) is 3.31. The lowest BCUT2D eigenvalue weighted by Gasteiger charge is -2.39. The van der Waals surface area contributed by atoms with Gasteiger partial charge in [-0.25, -0.2) is 14.0 Å². The van der Waals surface area contributed by atoms with Crippen LogP contribution in [0.3, 0.4) is 0 Å². The fourth-order valence-electron chi connectivity index (χ4n) is 6.35. The third-order valence-corrected chi connectivity index (χ3v) is 10.6. The van der Waals surface area contributed by atoms with Gasteiger partial charge in [0.05, 0.1) is 16.7 Å². The van der Waals surface area contributed by atoms with Crippen LogP contribution in [0.25, 0.3) is 0 Å². The van der Waals surface area contributed by atoms with Crippen molar-refractivity contribution in [2.45, 2.75) is 57.7 Å².